The number of amides is 1. The number of benzene rings is 2. The minimum Gasteiger partial charge on any atom is -0.494 e. The maximum atomic E-state index is 12.1. The van der Waals surface area contributed by atoms with E-state index in [1.165, 1.54) is 11.8 Å². The van der Waals surface area contributed by atoms with Crippen LogP contribution in [0, 0.1) is 6.92 Å². The molecule has 0 spiro atoms. The lowest BCUT2D eigenvalue weighted by molar-refractivity contribution is -0.118. The van der Waals surface area contributed by atoms with Crippen molar-refractivity contribution in [2.75, 3.05) is 18.9 Å². The predicted molar refractivity (Wildman–Crippen MR) is 122 cm³/mol. The number of oxazole rings is 1. The Bertz CT molecular complexity index is 956. The molecule has 0 radical (unpaired) electrons. The summed E-state index contributed by atoms with van der Waals surface area (Å²) in [4.78, 5) is 16.7. The zero-order chi connectivity index (χ0) is 21.3. The standard InChI is InChI=1S/C23H25ClN2O3S/c1-3-28-20-10-6-18(7-11-20)23-26-21(16(2)29-23)14-30-15-22(27)25-13-12-17-4-8-19(24)9-5-17/h4-11H,3,12-15H2,1-2H3,(H,25,27). The lowest BCUT2D eigenvalue weighted by Crippen LogP contribution is -2.27. The Balaban J connectivity index is 1.43. The topological polar surface area (TPSA) is 64.4 Å². The molecule has 2 aromatic carbocycles. The lowest BCUT2D eigenvalue weighted by Gasteiger charge is -2.05. The highest BCUT2D eigenvalue weighted by Crippen LogP contribution is 2.26. The first kappa shape index (κ1) is 22.2. The zero-order valence-electron chi connectivity index (χ0n) is 17.1. The second-order valence-electron chi connectivity index (χ2n) is 6.70. The molecule has 0 aliphatic heterocycles. The van der Waals surface area contributed by atoms with E-state index in [1.54, 1.807) is 0 Å². The molecule has 0 saturated carbocycles. The molecular formula is C23H25ClN2O3S. The van der Waals surface area contributed by atoms with Gasteiger partial charge in [-0.25, -0.2) is 4.98 Å². The van der Waals surface area contributed by atoms with Crippen molar-refractivity contribution in [1.29, 1.82) is 0 Å². The van der Waals surface area contributed by atoms with Crippen LogP contribution < -0.4 is 10.1 Å². The fourth-order valence-corrected chi connectivity index (χ4v) is 3.81. The van der Waals surface area contributed by atoms with Gasteiger partial charge in [0.05, 0.1) is 18.1 Å². The van der Waals surface area contributed by atoms with E-state index in [-0.39, 0.29) is 5.91 Å². The van der Waals surface area contributed by atoms with Gasteiger partial charge in [-0.3, -0.25) is 4.79 Å². The smallest absolute Gasteiger partial charge is 0.230 e. The molecule has 1 N–H and O–H groups in total. The van der Waals surface area contributed by atoms with Crippen molar-refractivity contribution in [3.05, 3.63) is 70.6 Å². The second kappa shape index (κ2) is 11.1. The van der Waals surface area contributed by atoms with Crippen LogP contribution >= 0.6 is 23.4 Å². The number of carbonyl (C=O) groups is 1. The number of aryl methyl sites for hydroxylation is 1. The number of hydrogen-bond donors (Lipinski definition) is 1. The molecule has 3 rings (SSSR count). The zero-order valence-corrected chi connectivity index (χ0v) is 18.7. The predicted octanol–water partition coefficient (Wildman–Crippen LogP) is 5.29. The van der Waals surface area contributed by atoms with Crippen LogP contribution in [0.2, 0.25) is 5.02 Å². The van der Waals surface area contributed by atoms with E-state index in [0.29, 0.717) is 35.6 Å². The van der Waals surface area contributed by atoms with E-state index in [2.05, 4.69) is 10.3 Å². The van der Waals surface area contributed by atoms with Crippen molar-refractivity contribution < 1.29 is 13.9 Å². The molecule has 0 bridgehead atoms. The van der Waals surface area contributed by atoms with Crippen LogP contribution in [-0.4, -0.2) is 29.8 Å². The molecule has 7 heteroatoms. The van der Waals surface area contributed by atoms with Gasteiger partial charge in [-0.2, -0.15) is 0 Å². The molecule has 1 aromatic heterocycles. The Hall–Kier alpha value is -2.44. The van der Waals surface area contributed by atoms with Crippen molar-refractivity contribution in [3.8, 4) is 17.2 Å². The third-order valence-corrected chi connectivity index (χ3v) is 5.62. The Morgan fingerprint density at radius 1 is 1.17 bits per heavy atom. The van der Waals surface area contributed by atoms with E-state index in [0.717, 1.165) is 34.8 Å². The fraction of sp³-hybridized carbons (Fsp3) is 0.304. The average Bonchev–Trinajstić information content (AvgIpc) is 3.11. The van der Waals surface area contributed by atoms with Crippen LogP contribution in [0.25, 0.3) is 11.5 Å². The Labute approximate surface area is 186 Å². The molecule has 0 atom stereocenters. The number of nitrogens with zero attached hydrogens (tertiary/aromatic N) is 1. The third kappa shape index (κ3) is 6.54. The number of carbonyl (C=O) groups excluding carboxylic acids is 1. The van der Waals surface area contributed by atoms with Crippen LogP contribution in [-0.2, 0) is 17.0 Å². The summed E-state index contributed by atoms with van der Waals surface area (Å²) in [6, 6.07) is 15.3. The van der Waals surface area contributed by atoms with Crippen molar-refractivity contribution in [2.45, 2.75) is 26.0 Å². The number of thioether (sulfide) groups is 1. The summed E-state index contributed by atoms with van der Waals surface area (Å²) in [7, 11) is 0. The number of ether oxygens (including phenoxy) is 1. The molecule has 0 saturated heterocycles. The van der Waals surface area contributed by atoms with E-state index in [1.807, 2.05) is 62.4 Å². The van der Waals surface area contributed by atoms with Crippen molar-refractivity contribution >= 4 is 29.3 Å². The van der Waals surface area contributed by atoms with E-state index in [4.69, 9.17) is 20.8 Å². The van der Waals surface area contributed by atoms with Crippen LogP contribution in [0.5, 0.6) is 5.75 Å². The van der Waals surface area contributed by atoms with Crippen molar-refractivity contribution in [3.63, 3.8) is 0 Å². The maximum Gasteiger partial charge on any atom is 0.230 e. The quantitative estimate of drug-likeness (QED) is 0.460. The monoisotopic (exact) mass is 444 g/mol. The summed E-state index contributed by atoms with van der Waals surface area (Å²) < 4.78 is 11.3. The second-order valence-corrected chi connectivity index (χ2v) is 8.12. The van der Waals surface area contributed by atoms with Crippen LogP contribution in [0.15, 0.2) is 52.9 Å². The highest BCUT2D eigenvalue weighted by molar-refractivity contribution is 7.99. The van der Waals surface area contributed by atoms with E-state index in [9.17, 15) is 4.79 Å². The molecule has 5 nitrogen and oxygen atoms in total. The van der Waals surface area contributed by atoms with Crippen molar-refractivity contribution in [2.24, 2.45) is 0 Å². The number of halogens is 1. The van der Waals surface area contributed by atoms with Crippen molar-refractivity contribution in [1.82, 2.24) is 10.3 Å². The summed E-state index contributed by atoms with van der Waals surface area (Å²) in [6.45, 7) is 5.09. The first-order valence-electron chi connectivity index (χ1n) is 9.83. The molecule has 0 aliphatic rings. The Morgan fingerprint density at radius 2 is 1.90 bits per heavy atom. The molecule has 1 amide bonds. The van der Waals surface area contributed by atoms with Gasteiger partial charge in [0.25, 0.3) is 0 Å². The van der Waals surface area contributed by atoms with Gasteiger partial charge in [-0.1, -0.05) is 23.7 Å². The Kier molecular flexibility index (Phi) is 8.22. The first-order valence-corrected chi connectivity index (χ1v) is 11.4. The fourth-order valence-electron chi connectivity index (χ4n) is 2.83. The van der Waals surface area contributed by atoms with Gasteiger partial charge in [0.15, 0.2) is 0 Å². The normalized spacial score (nSPS) is 10.8. The van der Waals surface area contributed by atoms with Crippen LogP contribution in [0.1, 0.15) is 23.9 Å². The maximum absolute atomic E-state index is 12.1. The number of aromatic nitrogens is 1. The lowest BCUT2D eigenvalue weighted by atomic mass is 10.1. The highest BCUT2D eigenvalue weighted by Gasteiger charge is 2.12. The SMILES string of the molecule is CCOc1ccc(-c2nc(CSCC(=O)NCCc3ccc(Cl)cc3)c(C)o2)cc1. The van der Waals surface area contributed by atoms with Gasteiger partial charge in [0.1, 0.15) is 11.5 Å². The summed E-state index contributed by atoms with van der Waals surface area (Å²) in [5, 5.41) is 3.66. The van der Waals surface area contributed by atoms with E-state index < -0.39 is 0 Å². The summed E-state index contributed by atoms with van der Waals surface area (Å²) >= 11 is 7.40. The molecule has 0 fully saturated rings. The van der Waals surface area contributed by atoms with Gasteiger partial charge in [-0.15, -0.1) is 11.8 Å². The molecule has 0 aliphatic carbocycles. The average molecular weight is 445 g/mol. The largest absolute Gasteiger partial charge is 0.494 e. The first-order chi connectivity index (χ1) is 14.5. The summed E-state index contributed by atoms with van der Waals surface area (Å²) in [5.74, 6) is 3.19. The van der Waals surface area contributed by atoms with Gasteiger partial charge in [0, 0.05) is 22.9 Å². The number of nitrogens with one attached hydrogen (secondary N) is 1. The van der Waals surface area contributed by atoms with Gasteiger partial charge in [0.2, 0.25) is 11.8 Å². The Morgan fingerprint density at radius 3 is 2.60 bits per heavy atom. The minimum absolute atomic E-state index is 0.0156. The van der Waals surface area contributed by atoms with Gasteiger partial charge >= 0.3 is 0 Å². The van der Waals surface area contributed by atoms with Crippen LogP contribution in [0.4, 0.5) is 0 Å². The molecule has 158 valence electrons. The number of rotatable bonds is 10. The molecule has 1 heterocycles. The summed E-state index contributed by atoms with van der Waals surface area (Å²) in [5.41, 5.74) is 2.91. The number of hydrogen-bond acceptors (Lipinski definition) is 5. The molecule has 30 heavy (non-hydrogen) atoms. The van der Waals surface area contributed by atoms with Crippen LogP contribution in [0.3, 0.4) is 0 Å². The minimum atomic E-state index is 0.0156. The van der Waals surface area contributed by atoms with E-state index >= 15 is 0 Å². The molecule has 3 aromatic rings. The third-order valence-electron chi connectivity index (χ3n) is 4.43. The van der Waals surface area contributed by atoms with Gasteiger partial charge < -0.3 is 14.5 Å². The summed E-state index contributed by atoms with van der Waals surface area (Å²) in [6.07, 6.45) is 0.779. The molecule has 0 unspecified atom stereocenters. The molecular weight excluding hydrogens is 420 g/mol. The van der Waals surface area contributed by atoms with Gasteiger partial charge in [-0.05, 0) is 62.2 Å². The highest BCUT2D eigenvalue weighted by atomic mass is 35.5.